The lowest BCUT2D eigenvalue weighted by molar-refractivity contribution is 0.185. The van der Waals surface area contributed by atoms with Crippen molar-refractivity contribution < 1.29 is 9.18 Å². The van der Waals surface area contributed by atoms with Gasteiger partial charge in [-0.15, -0.1) is 0 Å². The van der Waals surface area contributed by atoms with Gasteiger partial charge in [-0.2, -0.15) is 4.37 Å². The van der Waals surface area contributed by atoms with Crippen molar-refractivity contribution in [1.82, 2.24) is 14.3 Å². The van der Waals surface area contributed by atoms with Gasteiger partial charge >= 0.3 is 6.03 Å². The van der Waals surface area contributed by atoms with Gasteiger partial charge in [-0.1, -0.05) is 30.3 Å². The zero-order chi connectivity index (χ0) is 20.2. The van der Waals surface area contributed by atoms with Crippen molar-refractivity contribution in [3.63, 3.8) is 0 Å². The highest BCUT2D eigenvalue weighted by atomic mass is 32.1. The van der Waals surface area contributed by atoms with E-state index in [0.29, 0.717) is 26.1 Å². The summed E-state index contributed by atoms with van der Waals surface area (Å²) in [5.74, 6) is 0.484. The molecule has 1 atom stereocenters. The molecule has 2 aromatic carbocycles. The van der Waals surface area contributed by atoms with Gasteiger partial charge in [-0.3, -0.25) is 0 Å². The average Bonchev–Trinajstić information content (AvgIpc) is 3.19. The fourth-order valence-corrected chi connectivity index (χ4v) is 4.10. The van der Waals surface area contributed by atoms with Gasteiger partial charge in [0.25, 0.3) is 0 Å². The van der Waals surface area contributed by atoms with Crippen molar-refractivity contribution in [1.29, 1.82) is 0 Å². The van der Waals surface area contributed by atoms with Crippen LogP contribution < -0.4 is 10.2 Å². The molecule has 8 heteroatoms. The van der Waals surface area contributed by atoms with Crippen molar-refractivity contribution in [3.05, 3.63) is 71.8 Å². The second kappa shape index (κ2) is 8.57. The van der Waals surface area contributed by atoms with Crippen LogP contribution in [0.25, 0.3) is 0 Å². The molecule has 6 nitrogen and oxygen atoms in total. The second-order valence-corrected chi connectivity index (χ2v) is 7.81. The van der Waals surface area contributed by atoms with E-state index in [9.17, 15) is 9.18 Å². The Morgan fingerprint density at radius 2 is 1.93 bits per heavy atom. The molecule has 1 unspecified atom stereocenters. The van der Waals surface area contributed by atoms with Gasteiger partial charge in [0.05, 0.1) is 0 Å². The standard InChI is InChI=1S/C21H22FN5OS/c1-15-14-26(11-12-27(15)20(28)23-18-5-3-2-4-6-18)21-24-19(25-29-21)13-16-7-9-17(22)10-8-16/h2-10,15H,11-14H2,1H3,(H,23,28). The molecular weight excluding hydrogens is 389 g/mol. The van der Waals surface area contributed by atoms with E-state index in [-0.39, 0.29) is 17.9 Å². The molecular formula is C21H22FN5OS. The maximum absolute atomic E-state index is 13.1. The number of rotatable bonds is 4. The third-order valence-corrected chi connectivity index (χ3v) is 5.73. The molecule has 0 saturated carbocycles. The predicted octanol–water partition coefficient (Wildman–Crippen LogP) is 4.01. The van der Waals surface area contributed by atoms with Gasteiger partial charge in [-0.05, 0) is 36.8 Å². The second-order valence-electron chi connectivity index (χ2n) is 7.08. The molecule has 1 saturated heterocycles. The largest absolute Gasteiger partial charge is 0.343 e. The molecule has 1 aliphatic heterocycles. The van der Waals surface area contributed by atoms with E-state index in [1.54, 1.807) is 12.1 Å². The highest BCUT2D eigenvalue weighted by molar-refractivity contribution is 7.09. The average molecular weight is 412 g/mol. The number of urea groups is 1. The molecule has 1 fully saturated rings. The smallest absolute Gasteiger partial charge is 0.322 e. The SMILES string of the molecule is CC1CN(c2nc(Cc3ccc(F)cc3)ns2)CCN1C(=O)Nc1ccccc1. The number of benzene rings is 2. The Balaban J connectivity index is 1.35. The monoisotopic (exact) mass is 411 g/mol. The Bertz CT molecular complexity index is 963. The first-order chi connectivity index (χ1) is 14.1. The van der Waals surface area contributed by atoms with E-state index in [2.05, 4.69) is 19.6 Å². The molecule has 150 valence electrons. The number of hydrogen-bond acceptors (Lipinski definition) is 5. The molecule has 1 N–H and O–H groups in total. The normalized spacial score (nSPS) is 16.7. The van der Waals surface area contributed by atoms with E-state index < -0.39 is 0 Å². The van der Waals surface area contributed by atoms with Crippen molar-refractivity contribution in [2.45, 2.75) is 19.4 Å². The lowest BCUT2D eigenvalue weighted by atomic mass is 10.1. The Hall–Kier alpha value is -3.00. The Labute approximate surface area is 173 Å². The molecule has 0 aliphatic carbocycles. The molecule has 4 rings (SSSR count). The quantitative estimate of drug-likeness (QED) is 0.705. The summed E-state index contributed by atoms with van der Waals surface area (Å²) in [6.45, 7) is 4.06. The first-order valence-corrected chi connectivity index (χ1v) is 10.3. The minimum Gasteiger partial charge on any atom is -0.343 e. The Kier molecular flexibility index (Phi) is 5.71. The van der Waals surface area contributed by atoms with Crippen LogP contribution in [0.4, 0.5) is 20.0 Å². The fraction of sp³-hybridized carbons (Fsp3) is 0.286. The summed E-state index contributed by atoms with van der Waals surface area (Å²) in [4.78, 5) is 21.3. The molecule has 3 aromatic rings. The van der Waals surface area contributed by atoms with E-state index >= 15 is 0 Å². The van der Waals surface area contributed by atoms with Crippen molar-refractivity contribution >= 4 is 28.4 Å². The molecule has 0 radical (unpaired) electrons. The van der Waals surface area contributed by atoms with Gasteiger partial charge in [-0.25, -0.2) is 14.2 Å². The minimum absolute atomic E-state index is 0.0527. The number of amides is 2. The zero-order valence-corrected chi connectivity index (χ0v) is 16.9. The first kappa shape index (κ1) is 19.3. The summed E-state index contributed by atoms with van der Waals surface area (Å²) in [5, 5.41) is 3.81. The van der Waals surface area contributed by atoms with Gasteiger partial charge in [0.2, 0.25) is 5.13 Å². The Morgan fingerprint density at radius 1 is 1.17 bits per heavy atom. The van der Waals surface area contributed by atoms with Gasteiger partial charge in [0.1, 0.15) is 11.6 Å². The van der Waals surface area contributed by atoms with Crippen LogP contribution in [0.3, 0.4) is 0 Å². The maximum Gasteiger partial charge on any atom is 0.322 e. The van der Waals surface area contributed by atoms with E-state index in [0.717, 1.165) is 22.2 Å². The van der Waals surface area contributed by atoms with Crippen LogP contribution in [0.1, 0.15) is 18.3 Å². The predicted molar refractivity (Wildman–Crippen MR) is 113 cm³/mol. The summed E-state index contributed by atoms with van der Waals surface area (Å²) in [6, 6.07) is 15.8. The van der Waals surface area contributed by atoms with E-state index in [1.807, 2.05) is 42.2 Å². The lowest BCUT2D eigenvalue weighted by Crippen LogP contribution is -2.55. The van der Waals surface area contributed by atoms with Crippen molar-refractivity contribution in [2.24, 2.45) is 0 Å². The van der Waals surface area contributed by atoms with Gasteiger partial charge in [0, 0.05) is 49.3 Å². The summed E-state index contributed by atoms with van der Waals surface area (Å²) < 4.78 is 17.5. The highest BCUT2D eigenvalue weighted by Crippen LogP contribution is 2.23. The number of halogens is 1. The molecule has 2 amide bonds. The first-order valence-electron chi connectivity index (χ1n) is 9.53. The number of carbonyl (C=O) groups is 1. The Morgan fingerprint density at radius 3 is 2.66 bits per heavy atom. The van der Waals surface area contributed by atoms with Gasteiger partial charge in [0.15, 0.2) is 0 Å². The molecule has 1 aromatic heterocycles. The lowest BCUT2D eigenvalue weighted by Gasteiger charge is -2.39. The molecule has 29 heavy (non-hydrogen) atoms. The van der Waals surface area contributed by atoms with E-state index in [4.69, 9.17) is 0 Å². The summed E-state index contributed by atoms with van der Waals surface area (Å²) in [6.07, 6.45) is 0.575. The topological polar surface area (TPSA) is 61.4 Å². The fourth-order valence-electron chi connectivity index (χ4n) is 3.38. The number of carbonyl (C=O) groups excluding carboxylic acids is 1. The number of aromatic nitrogens is 2. The third-order valence-electron chi connectivity index (χ3n) is 4.92. The number of anilines is 2. The van der Waals surface area contributed by atoms with Crippen LogP contribution in [-0.4, -0.2) is 46.0 Å². The van der Waals surface area contributed by atoms with Crippen LogP contribution in [0.2, 0.25) is 0 Å². The summed E-state index contributed by atoms with van der Waals surface area (Å²) in [5.41, 5.74) is 1.77. The number of nitrogens with zero attached hydrogens (tertiary/aromatic N) is 4. The van der Waals surface area contributed by atoms with E-state index in [1.165, 1.54) is 23.7 Å². The summed E-state index contributed by atoms with van der Waals surface area (Å²) in [7, 11) is 0. The minimum atomic E-state index is -0.246. The number of piperazine rings is 1. The van der Waals surface area contributed by atoms with Crippen LogP contribution in [-0.2, 0) is 6.42 Å². The van der Waals surface area contributed by atoms with Crippen LogP contribution in [0.15, 0.2) is 54.6 Å². The molecule has 0 spiro atoms. The highest BCUT2D eigenvalue weighted by Gasteiger charge is 2.29. The number of nitrogens with one attached hydrogen (secondary N) is 1. The third kappa shape index (κ3) is 4.71. The molecule has 1 aliphatic rings. The summed E-state index contributed by atoms with van der Waals surface area (Å²) >= 11 is 1.36. The van der Waals surface area contributed by atoms with Crippen molar-refractivity contribution in [2.75, 3.05) is 29.9 Å². The number of para-hydroxylation sites is 1. The zero-order valence-electron chi connectivity index (χ0n) is 16.1. The molecule has 0 bridgehead atoms. The van der Waals surface area contributed by atoms with Crippen LogP contribution in [0, 0.1) is 5.82 Å². The molecule has 2 heterocycles. The van der Waals surface area contributed by atoms with Crippen LogP contribution >= 0.6 is 11.5 Å². The maximum atomic E-state index is 13.1. The van der Waals surface area contributed by atoms with Gasteiger partial charge < -0.3 is 15.1 Å². The van der Waals surface area contributed by atoms with Crippen LogP contribution in [0.5, 0.6) is 0 Å². The number of hydrogen-bond donors (Lipinski definition) is 1. The van der Waals surface area contributed by atoms with Crippen molar-refractivity contribution in [3.8, 4) is 0 Å².